The van der Waals surface area contributed by atoms with Crippen LogP contribution in [0, 0.1) is 6.92 Å². The van der Waals surface area contributed by atoms with E-state index in [2.05, 4.69) is 5.32 Å². The molecule has 1 atom stereocenters. The Morgan fingerprint density at radius 3 is 2.23 bits per heavy atom. The number of carbonyl (C=O) groups is 2. The summed E-state index contributed by atoms with van der Waals surface area (Å²) in [4.78, 5) is 28.6. The second kappa shape index (κ2) is 14.1. The average molecular weight is 570 g/mol. The van der Waals surface area contributed by atoms with Crippen molar-refractivity contribution in [1.29, 1.82) is 0 Å². The van der Waals surface area contributed by atoms with Gasteiger partial charge in [0.15, 0.2) is 0 Å². The van der Waals surface area contributed by atoms with Crippen molar-refractivity contribution in [3.05, 3.63) is 101 Å². The third-order valence-corrected chi connectivity index (χ3v) is 7.77. The summed E-state index contributed by atoms with van der Waals surface area (Å²) in [7, 11) is -3.55. The van der Waals surface area contributed by atoms with Crippen LogP contribution in [0.2, 0.25) is 5.02 Å². The largest absolute Gasteiger partial charge is 0.355 e. The lowest BCUT2D eigenvalue weighted by Gasteiger charge is -2.32. The summed E-state index contributed by atoms with van der Waals surface area (Å²) >= 11 is 6.21. The zero-order valence-electron chi connectivity index (χ0n) is 22.6. The summed E-state index contributed by atoms with van der Waals surface area (Å²) in [5.41, 5.74) is 3.31. The molecule has 0 fully saturated rings. The van der Waals surface area contributed by atoms with Crippen LogP contribution in [0.15, 0.2) is 78.9 Å². The van der Waals surface area contributed by atoms with Gasteiger partial charge in [0.2, 0.25) is 21.8 Å². The van der Waals surface area contributed by atoms with Crippen LogP contribution in [0.5, 0.6) is 0 Å². The molecule has 0 aliphatic heterocycles. The molecule has 9 heteroatoms. The number of rotatable bonds is 13. The van der Waals surface area contributed by atoms with Crippen molar-refractivity contribution in [2.24, 2.45) is 0 Å². The number of nitrogens with one attached hydrogen (secondary N) is 1. The summed E-state index contributed by atoms with van der Waals surface area (Å²) in [6.45, 7) is 4.54. The maximum absolute atomic E-state index is 13.7. The monoisotopic (exact) mass is 569 g/mol. The van der Waals surface area contributed by atoms with Crippen molar-refractivity contribution >= 4 is 39.1 Å². The predicted molar refractivity (Wildman–Crippen MR) is 157 cm³/mol. The van der Waals surface area contributed by atoms with Crippen LogP contribution in [0.4, 0.5) is 5.69 Å². The van der Waals surface area contributed by atoms with E-state index in [-0.39, 0.29) is 31.3 Å². The van der Waals surface area contributed by atoms with Gasteiger partial charge in [0.25, 0.3) is 0 Å². The molecule has 7 nitrogen and oxygen atoms in total. The van der Waals surface area contributed by atoms with E-state index < -0.39 is 16.1 Å². The van der Waals surface area contributed by atoms with Gasteiger partial charge in [-0.1, -0.05) is 71.8 Å². The lowest BCUT2D eigenvalue weighted by atomic mass is 10.0. The Morgan fingerprint density at radius 1 is 0.949 bits per heavy atom. The van der Waals surface area contributed by atoms with Gasteiger partial charge in [-0.2, -0.15) is 0 Å². The first-order valence-electron chi connectivity index (χ1n) is 13.0. The molecule has 0 aliphatic carbocycles. The van der Waals surface area contributed by atoms with Gasteiger partial charge in [-0.05, 0) is 55.7 Å². The molecule has 0 aromatic heterocycles. The Balaban J connectivity index is 1.85. The second-order valence-corrected chi connectivity index (χ2v) is 11.9. The molecule has 0 radical (unpaired) electrons. The van der Waals surface area contributed by atoms with E-state index in [1.54, 1.807) is 29.2 Å². The molecular weight excluding hydrogens is 534 g/mol. The van der Waals surface area contributed by atoms with Crippen LogP contribution >= 0.6 is 11.6 Å². The highest BCUT2D eigenvalue weighted by atomic mass is 35.5. The minimum atomic E-state index is -3.55. The van der Waals surface area contributed by atoms with Crippen molar-refractivity contribution < 1.29 is 18.0 Å². The first-order valence-corrected chi connectivity index (χ1v) is 15.2. The molecule has 3 aromatic carbocycles. The Labute approximate surface area is 236 Å². The molecule has 3 rings (SSSR count). The average Bonchev–Trinajstić information content (AvgIpc) is 2.89. The maximum atomic E-state index is 13.7. The van der Waals surface area contributed by atoms with E-state index in [1.165, 1.54) is 4.31 Å². The molecule has 0 saturated carbocycles. The summed E-state index contributed by atoms with van der Waals surface area (Å²) in [6.07, 6.45) is 1.87. The number of carbonyl (C=O) groups excluding carboxylic acids is 2. The quantitative estimate of drug-likeness (QED) is 0.315. The number of halogens is 1. The third kappa shape index (κ3) is 9.11. The Morgan fingerprint density at radius 2 is 1.62 bits per heavy atom. The van der Waals surface area contributed by atoms with Crippen molar-refractivity contribution in [3.8, 4) is 0 Å². The standard InChI is InChI=1S/C30H36ClN3O4S/c1-4-32-30(36)28(21-24-10-6-5-7-11-24)33(22-25-12-8-13-26(31)20-25)29(35)14-9-19-34(39(3,37)38)27-17-15-23(2)16-18-27/h5-8,10-13,15-18,20,28H,4,9,14,19,21-22H2,1-3H3,(H,32,36). The third-order valence-electron chi connectivity index (χ3n) is 6.34. The molecule has 0 aliphatic rings. The molecule has 2 amide bonds. The van der Waals surface area contributed by atoms with Crippen LogP contribution in [-0.2, 0) is 32.6 Å². The number of amides is 2. The number of nitrogens with zero attached hydrogens (tertiary/aromatic N) is 2. The van der Waals surface area contributed by atoms with Crippen molar-refractivity contribution in [3.63, 3.8) is 0 Å². The van der Waals surface area contributed by atoms with Crippen molar-refractivity contribution in [2.45, 2.75) is 45.7 Å². The minimum Gasteiger partial charge on any atom is -0.355 e. The SMILES string of the molecule is CCNC(=O)C(Cc1ccccc1)N(Cc1cccc(Cl)c1)C(=O)CCCN(c1ccc(C)cc1)S(C)(=O)=O. The van der Waals surface area contributed by atoms with Crippen LogP contribution < -0.4 is 9.62 Å². The molecule has 208 valence electrons. The highest BCUT2D eigenvalue weighted by Crippen LogP contribution is 2.21. The zero-order chi connectivity index (χ0) is 28.4. The smallest absolute Gasteiger partial charge is 0.243 e. The molecule has 0 bridgehead atoms. The Kier molecular flexibility index (Phi) is 10.9. The highest BCUT2D eigenvalue weighted by molar-refractivity contribution is 7.92. The van der Waals surface area contributed by atoms with Gasteiger partial charge in [0, 0.05) is 37.5 Å². The van der Waals surface area contributed by atoms with Crippen LogP contribution in [0.25, 0.3) is 0 Å². The Hall–Kier alpha value is -3.36. The minimum absolute atomic E-state index is 0.0726. The van der Waals surface area contributed by atoms with Gasteiger partial charge < -0.3 is 10.2 Å². The number of hydrogen-bond donors (Lipinski definition) is 1. The highest BCUT2D eigenvalue weighted by Gasteiger charge is 2.30. The van der Waals surface area contributed by atoms with Gasteiger partial charge in [0.05, 0.1) is 11.9 Å². The second-order valence-electron chi connectivity index (χ2n) is 9.53. The molecule has 1 N–H and O–H groups in total. The number of aryl methyl sites for hydroxylation is 1. The van der Waals surface area contributed by atoms with E-state index in [9.17, 15) is 18.0 Å². The molecular formula is C30H36ClN3O4S. The molecule has 1 unspecified atom stereocenters. The lowest BCUT2D eigenvalue weighted by molar-refractivity contribution is -0.141. The number of anilines is 1. The summed E-state index contributed by atoms with van der Waals surface area (Å²) < 4.78 is 26.4. The normalized spacial score (nSPS) is 12.0. The fourth-order valence-electron chi connectivity index (χ4n) is 4.39. The number of benzene rings is 3. The van der Waals surface area contributed by atoms with Gasteiger partial charge in [-0.15, -0.1) is 0 Å². The van der Waals surface area contributed by atoms with E-state index in [1.807, 2.05) is 68.4 Å². The fourth-order valence-corrected chi connectivity index (χ4v) is 5.57. The molecule has 3 aromatic rings. The summed E-state index contributed by atoms with van der Waals surface area (Å²) in [5, 5.41) is 3.41. The molecule has 39 heavy (non-hydrogen) atoms. The van der Waals surface area contributed by atoms with Crippen LogP contribution in [0.1, 0.15) is 36.5 Å². The van der Waals surface area contributed by atoms with Crippen LogP contribution in [-0.4, -0.2) is 50.5 Å². The molecule has 0 spiro atoms. The van der Waals surface area contributed by atoms with Crippen LogP contribution in [0.3, 0.4) is 0 Å². The van der Waals surface area contributed by atoms with Crippen molar-refractivity contribution in [1.82, 2.24) is 10.2 Å². The number of likely N-dealkylation sites (N-methyl/N-ethyl adjacent to an activating group) is 1. The van der Waals surface area contributed by atoms with E-state index >= 15 is 0 Å². The topological polar surface area (TPSA) is 86.8 Å². The van der Waals surface area contributed by atoms with Crippen molar-refractivity contribution in [2.75, 3.05) is 23.7 Å². The first kappa shape index (κ1) is 30.2. The summed E-state index contributed by atoms with van der Waals surface area (Å²) in [6, 6.07) is 23.3. The predicted octanol–water partition coefficient (Wildman–Crippen LogP) is 4.97. The number of hydrogen-bond acceptors (Lipinski definition) is 4. The van der Waals surface area contributed by atoms with E-state index in [0.29, 0.717) is 30.1 Å². The first-order chi connectivity index (χ1) is 18.6. The van der Waals surface area contributed by atoms with Gasteiger partial charge in [-0.25, -0.2) is 8.42 Å². The van der Waals surface area contributed by atoms with Gasteiger partial charge in [-0.3, -0.25) is 13.9 Å². The zero-order valence-corrected chi connectivity index (χ0v) is 24.2. The maximum Gasteiger partial charge on any atom is 0.243 e. The summed E-state index contributed by atoms with van der Waals surface area (Å²) in [5.74, 6) is -0.478. The van der Waals surface area contributed by atoms with E-state index in [0.717, 1.165) is 22.9 Å². The Bertz CT molecular complexity index is 1350. The van der Waals surface area contributed by atoms with E-state index in [4.69, 9.17) is 11.6 Å². The number of sulfonamides is 1. The molecule has 0 saturated heterocycles. The lowest BCUT2D eigenvalue weighted by Crippen LogP contribution is -2.50. The molecule has 0 heterocycles. The van der Waals surface area contributed by atoms with Gasteiger partial charge >= 0.3 is 0 Å². The fraction of sp³-hybridized carbons (Fsp3) is 0.333. The van der Waals surface area contributed by atoms with Gasteiger partial charge in [0.1, 0.15) is 6.04 Å².